The van der Waals surface area contributed by atoms with Gasteiger partial charge in [-0.25, -0.2) is 0 Å². The molecular weight excluding hydrogens is 276 g/mol. The van der Waals surface area contributed by atoms with E-state index in [2.05, 4.69) is 28.1 Å². The molecule has 0 spiro atoms. The predicted octanol–water partition coefficient (Wildman–Crippen LogP) is 2.54. The van der Waals surface area contributed by atoms with E-state index in [-0.39, 0.29) is 6.04 Å². The second-order valence-electron chi connectivity index (χ2n) is 3.57. The summed E-state index contributed by atoms with van der Waals surface area (Å²) in [4.78, 5) is 6.91. The summed E-state index contributed by atoms with van der Waals surface area (Å²) < 4.78 is 1.15. The molecule has 0 aliphatic carbocycles. The van der Waals surface area contributed by atoms with Crippen LogP contribution in [0.2, 0.25) is 0 Å². The number of thiophene rings is 1. The molecule has 2 rings (SSSR count). The third kappa shape index (κ3) is 2.79. The molecule has 2 N–H and O–H groups in total. The van der Waals surface area contributed by atoms with Crippen LogP contribution in [0.3, 0.4) is 0 Å². The Labute approximate surface area is 102 Å². The highest BCUT2D eigenvalue weighted by atomic mass is 79.9. The van der Waals surface area contributed by atoms with Crippen LogP contribution in [0, 0.1) is 0 Å². The molecule has 1 saturated heterocycles. The number of rotatable bonds is 3. The summed E-state index contributed by atoms with van der Waals surface area (Å²) in [6.07, 6.45) is 2.35. The minimum absolute atomic E-state index is 0.210. The first-order chi connectivity index (χ1) is 7.31. The molecule has 0 saturated carbocycles. The van der Waals surface area contributed by atoms with Crippen molar-refractivity contribution in [1.82, 2.24) is 5.06 Å². The van der Waals surface area contributed by atoms with Crippen LogP contribution in [0.25, 0.3) is 0 Å². The fourth-order valence-electron chi connectivity index (χ4n) is 1.74. The van der Waals surface area contributed by atoms with Gasteiger partial charge in [0.1, 0.15) is 0 Å². The number of hydrogen-bond donors (Lipinski definition) is 1. The fraction of sp³-hybridized carbons (Fsp3) is 0.600. The van der Waals surface area contributed by atoms with E-state index >= 15 is 0 Å². The Morgan fingerprint density at radius 1 is 1.53 bits per heavy atom. The van der Waals surface area contributed by atoms with Gasteiger partial charge >= 0.3 is 0 Å². The fourth-order valence-corrected chi connectivity index (χ4v) is 3.28. The van der Waals surface area contributed by atoms with Gasteiger partial charge in [0.2, 0.25) is 0 Å². The summed E-state index contributed by atoms with van der Waals surface area (Å²) in [6, 6.07) is 4.39. The Balaban J connectivity index is 2.08. The minimum Gasteiger partial charge on any atom is -0.328 e. The molecule has 1 atom stereocenters. The Morgan fingerprint density at radius 2 is 2.40 bits per heavy atom. The summed E-state index contributed by atoms with van der Waals surface area (Å²) in [5, 5.41) is 2.03. The first kappa shape index (κ1) is 11.5. The third-order valence-electron chi connectivity index (χ3n) is 2.52. The van der Waals surface area contributed by atoms with Gasteiger partial charge in [-0.3, -0.25) is 4.84 Å². The van der Waals surface area contributed by atoms with E-state index in [4.69, 9.17) is 10.6 Å². The average molecular weight is 291 g/mol. The zero-order valence-corrected chi connectivity index (χ0v) is 10.9. The third-order valence-corrected chi connectivity index (χ3v) is 4.25. The van der Waals surface area contributed by atoms with Gasteiger partial charge in [-0.05, 0) is 40.9 Å². The molecule has 0 aromatic carbocycles. The summed E-state index contributed by atoms with van der Waals surface area (Å²) in [6.45, 7) is 2.41. The molecule has 15 heavy (non-hydrogen) atoms. The van der Waals surface area contributed by atoms with Crippen LogP contribution >= 0.6 is 27.3 Å². The normalized spacial score (nSPS) is 20.4. The largest absolute Gasteiger partial charge is 0.328 e. The summed E-state index contributed by atoms with van der Waals surface area (Å²) in [5.74, 6) is 0. The monoisotopic (exact) mass is 290 g/mol. The molecule has 0 amide bonds. The van der Waals surface area contributed by atoms with Gasteiger partial charge < -0.3 is 5.73 Å². The zero-order valence-electron chi connectivity index (χ0n) is 8.49. The van der Waals surface area contributed by atoms with Gasteiger partial charge in [-0.2, -0.15) is 5.06 Å². The van der Waals surface area contributed by atoms with Crippen molar-refractivity contribution in [2.75, 3.05) is 19.7 Å². The van der Waals surface area contributed by atoms with Crippen molar-refractivity contribution in [2.24, 2.45) is 5.73 Å². The van der Waals surface area contributed by atoms with Crippen LogP contribution in [0.4, 0.5) is 0 Å². The van der Waals surface area contributed by atoms with Crippen molar-refractivity contribution < 1.29 is 4.84 Å². The van der Waals surface area contributed by atoms with Gasteiger partial charge in [-0.15, -0.1) is 11.3 Å². The van der Waals surface area contributed by atoms with Crippen molar-refractivity contribution in [2.45, 2.75) is 18.9 Å². The molecule has 5 heteroatoms. The Bertz CT molecular complexity index is 312. The molecule has 0 radical (unpaired) electrons. The topological polar surface area (TPSA) is 38.5 Å². The molecule has 2 heterocycles. The lowest BCUT2D eigenvalue weighted by Gasteiger charge is -2.32. The van der Waals surface area contributed by atoms with Crippen molar-refractivity contribution in [3.63, 3.8) is 0 Å². The highest BCUT2D eigenvalue weighted by Crippen LogP contribution is 2.31. The predicted molar refractivity (Wildman–Crippen MR) is 65.7 cm³/mol. The highest BCUT2D eigenvalue weighted by Gasteiger charge is 2.23. The van der Waals surface area contributed by atoms with Gasteiger partial charge in [0.25, 0.3) is 0 Å². The maximum Gasteiger partial charge on any atom is 0.0817 e. The molecule has 1 aromatic rings. The van der Waals surface area contributed by atoms with E-state index in [1.165, 1.54) is 11.3 Å². The van der Waals surface area contributed by atoms with E-state index in [9.17, 15) is 0 Å². The molecule has 1 aliphatic heterocycles. The smallest absolute Gasteiger partial charge is 0.0817 e. The quantitative estimate of drug-likeness (QED) is 0.930. The lowest BCUT2D eigenvalue weighted by atomic mass is 10.2. The van der Waals surface area contributed by atoms with Crippen LogP contribution in [0.1, 0.15) is 23.8 Å². The Kier molecular flexibility index (Phi) is 4.16. The van der Waals surface area contributed by atoms with Crippen LogP contribution in [0.5, 0.6) is 0 Å². The maximum absolute atomic E-state index is 5.81. The first-order valence-corrected chi connectivity index (χ1v) is 6.77. The molecule has 3 nitrogen and oxygen atoms in total. The van der Waals surface area contributed by atoms with Crippen molar-refractivity contribution in [1.29, 1.82) is 0 Å². The van der Waals surface area contributed by atoms with Crippen molar-refractivity contribution >= 4 is 27.3 Å². The summed E-state index contributed by atoms with van der Waals surface area (Å²) >= 11 is 5.20. The van der Waals surface area contributed by atoms with E-state index < -0.39 is 0 Å². The van der Waals surface area contributed by atoms with Gasteiger partial charge in [-0.1, -0.05) is 0 Å². The average Bonchev–Trinajstić information content (AvgIpc) is 2.68. The van der Waals surface area contributed by atoms with Crippen LogP contribution in [0.15, 0.2) is 15.9 Å². The molecule has 0 bridgehead atoms. The zero-order chi connectivity index (χ0) is 10.7. The highest BCUT2D eigenvalue weighted by molar-refractivity contribution is 9.11. The van der Waals surface area contributed by atoms with Crippen LogP contribution in [-0.2, 0) is 4.84 Å². The Hall–Kier alpha value is 0.0600. The van der Waals surface area contributed by atoms with Crippen molar-refractivity contribution in [3.8, 4) is 0 Å². The summed E-state index contributed by atoms with van der Waals surface area (Å²) in [5.41, 5.74) is 5.81. The van der Waals surface area contributed by atoms with Crippen LogP contribution in [-0.4, -0.2) is 24.8 Å². The van der Waals surface area contributed by atoms with E-state index in [0.717, 1.165) is 23.4 Å². The standard InChI is InChI=1S/C10H15BrN2OS/c11-10-4-3-9(15-10)8(7-12)13-5-1-2-6-14-13/h3-4,8H,1-2,5-7,12H2. The van der Waals surface area contributed by atoms with Crippen molar-refractivity contribution in [3.05, 3.63) is 20.8 Å². The molecule has 1 aliphatic rings. The molecule has 1 fully saturated rings. The number of hydrogen-bond acceptors (Lipinski definition) is 4. The molecule has 1 aromatic heterocycles. The SMILES string of the molecule is NCC(c1ccc(Br)s1)N1CCCCO1. The van der Waals surface area contributed by atoms with E-state index in [0.29, 0.717) is 6.54 Å². The second kappa shape index (κ2) is 5.41. The number of nitrogens with two attached hydrogens (primary N) is 1. The molecular formula is C10H15BrN2OS. The molecule has 1 unspecified atom stereocenters. The lowest BCUT2D eigenvalue weighted by molar-refractivity contribution is -0.205. The second-order valence-corrected chi connectivity index (χ2v) is 6.07. The maximum atomic E-state index is 5.81. The number of hydroxylamine groups is 2. The number of nitrogens with zero attached hydrogens (tertiary/aromatic N) is 1. The first-order valence-electron chi connectivity index (χ1n) is 5.16. The van der Waals surface area contributed by atoms with Gasteiger partial charge in [0, 0.05) is 18.0 Å². The number of halogens is 1. The lowest BCUT2D eigenvalue weighted by Crippen LogP contribution is -2.37. The van der Waals surface area contributed by atoms with Gasteiger partial charge in [0.05, 0.1) is 16.4 Å². The Morgan fingerprint density at radius 3 is 2.93 bits per heavy atom. The van der Waals surface area contributed by atoms with E-state index in [1.807, 2.05) is 5.06 Å². The molecule has 84 valence electrons. The van der Waals surface area contributed by atoms with Crippen LogP contribution < -0.4 is 5.73 Å². The van der Waals surface area contributed by atoms with Gasteiger partial charge in [0.15, 0.2) is 0 Å². The summed E-state index contributed by atoms with van der Waals surface area (Å²) in [7, 11) is 0. The minimum atomic E-state index is 0.210. The van der Waals surface area contributed by atoms with E-state index in [1.54, 1.807) is 11.3 Å².